The number of carbonyl (C=O) groups excluding carboxylic acids is 2. The second kappa shape index (κ2) is 8.94. The number of anilines is 3. The maximum Gasteiger partial charge on any atom is 0.265 e. The molecule has 0 radical (unpaired) electrons. The zero-order valence-corrected chi connectivity index (χ0v) is 22.2. The van der Waals surface area contributed by atoms with Crippen molar-refractivity contribution in [2.45, 2.75) is 33.1 Å². The molecule has 5 rings (SSSR count). The molecule has 0 atom stereocenters. The Morgan fingerprint density at radius 3 is 2.22 bits per heavy atom. The van der Waals surface area contributed by atoms with Crippen molar-refractivity contribution < 1.29 is 14.0 Å². The van der Waals surface area contributed by atoms with Gasteiger partial charge in [0, 0.05) is 23.4 Å². The van der Waals surface area contributed by atoms with Gasteiger partial charge in [-0.25, -0.2) is 4.39 Å². The number of thiocarbonyl (C=S) groups is 1. The van der Waals surface area contributed by atoms with Crippen molar-refractivity contribution in [3.63, 3.8) is 0 Å². The Labute approximate surface area is 219 Å². The molecular weight excluding hydrogens is 493 g/mol. The minimum Gasteiger partial charge on any atom is -0.301 e. The molecule has 36 heavy (non-hydrogen) atoms. The summed E-state index contributed by atoms with van der Waals surface area (Å²) in [5, 5.41) is 1.15. The van der Waals surface area contributed by atoms with Crippen molar-refractivity contribution in [3.8, 4) is 0 Å². The van der Waals surface area contributed by atoms with E-state index in [4.69, 9.17) is 12.2 Å². The second-order valence-corrected chi connectivity index (χ2v) is 10.7. The first-order chi connectivity index (χ1) is 17.2. The predicted molar refractivity (Wildman–Crippen MR) is 146 cm³/mol. The third-order valence-electron chi connectivity index (χ3n) is 6.86. The number of carbonyl (C=O) groups is 2. The predicted octanol–water partition coefficient (Wildman–Crippen LogP) is 6.38. The molecule has 0 spiro atoms. The van der Waals surface area contributed by atoms with E-state index in [9.17, 15) is 14.0 Å². The fourth-order valence-corrected chi connectivity index (χ4v) is 6.38. The standard InChI is InChI=1S/C28H26FN3O2S2/c1-5-30-25(33)19(26(34)31(6-2)27(30)35)16-18-12-14-24(36-18)32-22-10-8-7-9-20(22)28(3,4)21-15-17(29)11-13-23(21)32/h7-16H,5-6H2,1-4H3. The van der Waals surface area contributed by atoms with Crippen molar-refractivity contribution in [2.75, 3.05) is 18.0 Å². The van der Waals surface area contributed by atoms with Gasteiger partial charge in [0.2, 0.25) is 0 Å². The molecule has 1 saturated heterocycles. The van der Waals surface area contributed by atoms with Crippen LogP contribution in [0.2, 0.25) is 0 Å². The summed E-state index contributed by atoms with van der Waals surface area (Å²) >= 11 is 6.83. The number of benzene rings is 2. The third-order valence-corrected chi connectivity index (χ3v) is 8.31. The molecule has 8 heteroatoms. The lowest BCUT2D eigenvalue weighted by molar-refractivity contribution is -0.133. The smallest absolute Gasteiger partial charge is 0.265 e. The minimum atomic E-state index is -0.377. The van der Waals surface area contributed by atoms with E-state index in [1.807, 2.05) is 44.2 Å². The summed E-state index contributed by atoms with van der Waals surface area (Å²) in [6.45, 7) is 8.67. The lowest BCUT2D eigenvalue weighted by Crippen LogP contribution is -2.55. The van der Waals surface area contributed by atoms with Crippen molar-refractivity contribution in [2.24, 2.45) is 0 Å². The van der Waals surface area contributed by atoms with Crippen molar-refractivity contribution >= 4 is 62.9 Å². The van der Waals surface area contributed by atoms with Gasteiger partial charge >= 0.3 is 0 Å². The first-order valence-corrected chi connectivity index (χ1v) is 13.1. The Balaban J connectivity index is 1.61. The van der Waals surface area contributed by atoms with Crippen LogP contribution in [0.4, 0.5) is 20.8 Å². The van der Waals surface area contributed by atoms with Crippen LogP contribution in [0.1, 0.15) is 43.7 Å². The molecule has 1 fully saturated rings. The molecule has 5 nitrogen and oxygen atoms in total. The molecule has 2 aliphatic rings. The average Bonchev–Trinajstić information content (AvgIpc) is 3.31. The van der Waals surface area contributed by atoms with Crippen molar-refractivity contribution in [3.05, 3.63) is 82.0 Å². The fraction of sp³-hybridized carbons (Fsp3) is 0.250. The number of thiophene rings is 1. The van der Waals surface area contributed by atoms with Crippen LogP contribution in [0.5, 0.6) is 0 Å². The summed E-state index contributed by atoms with van der Waals surface area (Å²) in [6, 6.07) is 16.9. The number of fused-ring (bicyclic) bond motifs is 2. The first-order valence-electron chi connectivity index (χ1n) is 11.9. The van der Waals surface area contributed by atoms with Gasteiger partial charge < -0.3 is 4.90 Å². The van der Waals surface area contributed by atoms with E-state index in [1.54, 1.807) is 12.1 Å². The van der Waals surface area contributed by atoms with E-state index < -0.39 is 0 Å². The average molecular weight is 520 g/mol. The molecule has 3 aromatic rings. The maximum absolute atomic E-state index is 14.3. The van der Waals surface area contributed by atoms with Crippen LogP contribution in [0.3, 0.4) is 0 Å². The molecule has 2 aliphatic heterocycles. The largest absolute Gasteiger partial charge is 0.301 e. The van der Waals surface area contributed by atoms with Crippen molar-refractivity contribution in [1.29, 1.82) is 0 Å². The fourth-order valence-electron chi connectivity index (χ4n) is 4.98. The number of amides is 2. The number of halogens is 1. The minimum absolute atomic E-state index is 0.100. The third kappa shape index (κ3) is 3.67. The summed E-state index contributed by atoms with van der Waals surface area (Å²) in [6.07, 6.45) is 1.65. The van der Waals surface area contributed by atoms with Crippen LogP contribution >= 0.6 is 23.6 Å². The number of rotatable bonds is 4. The Kier molecular flexibility index (Phi) is 6.04. The molecule has 2 amide bonds. The lowest BCUT2D eigenvalue weighted by atomic mass is 9.73. The van der Waals surface area contributed by atoms with E-state index in [0.29, 0.717) is 13.1 Å². The number of hydrogen-bond donors (Lipinski definition) is 0. The lowest BCUT2D eigenvalue weighted by Gasteiger charge is -2.41. The van der Waals surface area contributed by atoms with Crippen LogP contribution in [0, 0.1) is 5.82 Å². The zero-order valence-electron chi connectivity index (χ0n) is 20.5. The highest BCUT2D eigenvalue weighted by Crippen LogP contribution is 2.53. The summed E-state index contributed by atoms with van der Waals surface area (Å²) in [7, 11) is 0. The van der Waals surface area contributed by atoms with E-state index in [0.717, 1.165) is 32.4 Å². The van der Waals surface area contributed by atoms with Gasteiger partial charge in [0.15, 0.2) is 5.11 Å². The number of hydrogen-bond acceptors (Lipinski definition) is 5. The molecular formula is C28H26FN3O2S2. The molecule has 0 saturated carbocycles. The van der Waals surface area contributed by atoms with Gasteiger partial charge in [-0.05, 0) is 79.7 Å². The summed E-state index contributed by atoms with van der Waals surface area (Å²) in [5.41, 5.74) is 3.65. The summed E-state index contributed by atoms with van der Waals surface area (Å²) < 4.78 is 14.3. The maximum atomic E-state index is 14.3. The van der Waals surface area contributed by atoms with Crippen LogP contribution < -0.4 is 4.90 Å². The quantitative estimate of drug-likeness (QED) is 0.228. The SMILES string of the molecule is CCN1C(=O)C(=Cc2ccc(N3c4ccccc4C(C)(C)c4cc(F)ccc43)s2)C(=O)N(CC)C1=S. The molecule has 0 aliphatic carbocycles. The van der Waals surface area contributed by atoms with Gasteiger partial charge in [0.1, 0.15) is 16.4 Å². The highest BCUT2D eigenvalue weighted by atomic mass is 32.1. The van der Waals surface area contributed by atoms with Gasteiger partial charge in [-0.3, -0.25) is 19.4 Å². The topological polar surface area (TPSA) is 43.9 Å². The number of likely N-dealkylation sites (N-methyl/N-ethyl adjacent to an activating group) is 2. The van der Waals surface area contributed by atoms with Crippen LogP contribution in [-0.4, -0.2) is 39.8 Å². The van der Waals surface area contributed by atoms with E-state index in [-0.39, 0.29) is 33.7 Å². The van der Waals surface area contributed by atoms with Gasteiger partial charge in [0.25, 0.3) is 11.8 Å². The van der Waals surface area contributed by atoms with Gasteiger partial charge in [-0.15, -0.1) is 11.3 Å². The molecule has 0 N–H and O–H groups in total. The van der Waals surface area contributed by atoms with Crippen LogP contribution in [-0.2, 0) is 15.0 Å². The van der Waals surface area contributed by atoms with Gasteiger partial charge in [-0.1, -0.05) is 32.0 Å². The van der Waals surface area contributed by atoms with Crippen LogP contribution in [0.15, 0.2) is 60.2 Å². The Morgan fingerprint density at radius 2 is 1.56 bits per heavy atom. The number of nitrogens with zero attached hydrogens (tertiary/aromatic N) is 3. The highest BCUT2D eigenvalue weighted by molar-refractivity contribution is 7.80. The van der Waals surface area contributed by atoms with Crippen LogP contribution in [0.25, 0.3) is 6.08 Å². The molecule has 1 aromatic heterocycles. The monoisotopic (exact) mass is 519 g/mol. The van der Waals surface area contributed by atoms with E-state index in [1.165, 1.54) is 27.2 Å². The Morgan fingerprint density at radius 1 is 0.917 bits per heavy atom. The normalized spacial score (nSPS) is 16.9. The molecule has 184 valence electrons. The zero-order chi connectivity index (χ0) is 25.8. The summed E-state index contributed by atoms with van der Waals surface area (Å²) in [5.74, 6) is -1.03. The van der Waals surface area contributed by atoms with Crippen molar-refractivity contribution in [1.82, 2.24) is 9.80 Å². The number of para-hydroxylation sites is 1. The molecule has 0 unspecified atom stereocenters. The molecule has 2 aromatic carbocycles. The highest BCUT2D eigenvalue weighted by Gasteiger charge is 2.39. The second-order valence-electron chi connectivity index (χ2n) is 9.25. The van der Waals surface area contributed by atoms with Gasteiger partial charge in [-0.2, -0.15) is 0 Å². The molecule has 3 heterocycles. The first kappa shape index (κ1) is 24.3. The Bertz CT molecular complexity index is 1410. The Hall–Kier alpha value is -3.36. The molecule has 0 bridgehead atoms. The summed E-state index contributed by atoms with van der Waals surface area (Å²) in [4.78, 5) is 31.9. The van der Waals surface area contributed by atoms with E-state index in [2.05, 4.69) is 30.9 Å². The van der Waals surface area contributed by atoms with Gasteiger partial charge in [0.05, 0.1) is 11.4 Å². The van der Waals surface area contributed by atoms with E-state index >= 15 is 0 Å².